The summed E-state index contributed by atoms with van der Waals surface area (Å²) >= 11 is 5.57. The molecule has 0 amide bonds. The number of likely N-dealkylation sites (N-methyl/N-ethyl adjacent to an activating group) is 1. The van der Waals surface area contributed by atoms with Gasteiger partial charge in [0.25, 0.3) is 0 Å². The Morgan fingerprint density at radius 1 is 1.21 bits per heavy atom. The number of nitrogens with one attached hydrogen (secondary N) is 1. The predicted octanol–water partition coefficient (Wildman–Crippen LogP) is 3.92. The summed E-state index contributed by atoms with van der Waals surface area (Å²) in [4.78, 5) is 8.69. The maximum atomic E-state index is 13.0. The van der Waals surface area contributed by atoms with Crippen LogP contribution in [-0.2, 0) is 0 Å². The minimum absolute atomic E-state index is 0.170. The molecule has 0 aliphatic carbocycles. The van der Waals surface area contributed by atoms with E-state index < -0.39 is 11.9 Å². The molecule has 1 fully saturated rings. The van der Waals surface area contributed by atoms with Crippen LogP contribution < -0.4 is 5.32 Å². The summed E-state index contributed by atoms with van der Waals surface area (Å²) in [6, 6.07) is 0. The topological polar surface area (TPSA) is 30.9 Å². The quantitative estimate of drug-likeness (QED) is 0.591. The molecule has 1 N–H and O–H groups in total. The fraction of sp³-hybridized carbons (Fsp3) is 0.688. The SMILES string of the molecule is CCC/C=C(/N=C(\C)N/C(=C(\C)Cl)C(F)(F)F)N1CCN(C)CC1. The molecule has 1 aliphatic heterocycles. The van der Waals surface area contributed by atoms with Crippen molar-refractivity contribution in [3.63, 3.8) is 0 Å². The van der Waals surface area contributed by atoms with Crippen molar-refractivity contribution in [2.45, 2.75) is 39.8 Å². The first-order valence-electron chi connectivity index (χ1n) is 8.04. The van der Waals surface area contributed by atoms with Gasteiger partial charge in [0.2, 0.25) is 0 Å². The molecule has 0 aromatic heterocycles. The second kappa shape index (κ2) is 9.32. The van der Waals surface area contributed by atoms with Gasteiger partial charge in [-0.2, -0.15) is 13.2 Å². The zero-order valence-corrected chi connectivity index (χ0v) is 15.4. The van der Waals surface area contributed by atoms with Gasteiger partial charge in [-0.15, -0.1) is 0 Å². The van der Waals surface area contributed by atoms with Gasteiger partial charge in [-0.05, 0) is 33.4 Å². The van der Waals surface area contributed by atoms with Crippen LogP contribution in [0.3, 0.4) is 0 Å². The third-order valence-corrected chi connectivity index (χ3v) is 3.85. The van der Waals surface area contributed by atoms with Crippen molar-refractivity contribution in [2.24, 2.45) is 4.99 Å². The Hall–Kier alpha value is -1.21. The van der Waals surface area contributed by atoms with Crippen LogP contribution >= 0.6 is 11.6 Å². The molecule has 0 radical (unpaired) electrons. The molecule has 24 heavy (non-hydrogen) atoms. The van der Waals surface area contributed by atoms with Crippen LogP contribution in [0.15, 0.2) is 27.6 Å². The molecule has 8 heteroatoms. The summed E-state index contributed by atoms with van der Waals surface area (Å²) in [5.41, 5.74) is -0.973. The number of aliphatic imine (C=N–C) groups is 1. The fourth-order valence-corrected chi connectivity index (χ4v) is 2.44. The Labute approximate surface area is 147 Å². The second-order valence-corrected chi connectivity index (χ2v) is 6.44. The van der Waals surface area contributed by atoms with E-state index in [0.717, 1.165) is 39.0 Å². The van der Waals surface area contributed by atoms with Crippen molar-refractivity contribution in [3.05, 3.63) is 22.6 Å². The monoisotopic (exact) mass is 366 g/mol. The van der Waals surface area contributed by atoms with Gasteiger partial charge < -0.3 is 15.1 Å². The molecule has 1 heterocycles. The molecule has 0 atom stereocenters. The summed E-state index contributed by atoms with van der Waals surface area (Å²) in [6.07, 6.45) is -0.784. The van der Waals surface area contributed by atoms with Crippen molar-refractivity contribution in [1.29, 1.82) is 0 Å². The Kier molecular flexibility index (Phi) is 8.09. The van der Waals surface area contributed by atoms with Gasteiger partial charge in [-0.25, -0.2) is 4.99 Å². The van der Waals surface area contributed by atoms with E-state index in [2.05, 4.69) is 20.1 Å². The maximum absolute atomic E-state index is 13.0. The van der Waals surface area contributed by atoms with Crippen molar-refractivity contribution in [3.8, 4) is 0 Å². The van der Waals surface area contributed by atoms with Gasteiger partial charge in [0.1, 0.15) is 17.4 Å². The number of unbranched alkanes of at least 4 members (excludes halogenated alkanes) is 1. The molecule has 0 bridgehead atoms. The minimum Gasteiger partial charge on any atom is -0.354 e. The van der Waals surface area contributed by atoms with Crippen LogP contribution in [0.25, 0.3) is 0 Å². The highest BCUT2D eigenvalue weighted by Gasteiger charge is 2.35. The number of halogens is 4. The molecule has 0 unspecified atom stereocenters. The van der Waals surface area contributed by atoms with E-state index in [1.54, 1.807) is 0 Å². The number of piperazine rings is 1. The summed E-state index contributed by atoms with van der Waals surface area (Å²) < 4.78 is 38.9. The van der Waals surface area contributed by atoms with Crippen LogP contribution in [-0.4, -0.2) is 55.0 Å². The van der Waals surface area contributed by atoms with Crippen molar-refractivity contribution in [2.75, 3.05) is 33.2 Å². The first-order chi connectivity index (χ1) is 11.1. The molecule has 0 saturated carbocycles. The van der Waals surface area contributed by atoms with Gasteiger partial charge >= 0.3 is 6.18 Å². The number of rotatable bonds is 5. The van der Waals surface area contributed by atoms with E-state index in [-0.39, 0.29) is 10.9 Å². The summed E-state index contributed by atoms with van der Waals surface area (Å²) in [7, 11) is 2.05. The van der Waals surface area contributed by atoms with Crippen molar-refractivity contribution >= 4 is 17.4 Å². The standard InChI is InChI=1S/C16H26ClF3N4/c1-5-6-7-14(24-10-8-23(4)9-11-24)21-13(3)22-15(12(2)17)16(18,19)20/h7H,5-6,8-11H2,1-4H3,(H,21,22)/b14-7-,15-12+. The largest absolute Gasteiger partial charge is 0.432 e. The number of hydrogen-bond donors (Lipinski definition) is 1. The molecule has 1 rings (SSSR count). The van der Waals surface area contributed by atoms with Crippen molar-refractivity contribution < 1.29 is 13.2 Å². The molecular weight excluding hydrogens is 341 g/mol. The van der Waals surface area contributed by atoms with Crippen molar-refractivity contribution in [1.82, 2.24) is 15.1 Å². The second-order valence-electron chi connectivity index (χ2n) is 5.87. The molecule has 1 aliphatic rings. The van der Waals surface area contributed by atoms with Gasteiger partial charge in [0.15, 0.2) is 0 Å². The number of alkyl halides is 3. The third-order valence-electron chi connectivity index (χ3n) is 3.66. The number of amidine groups is 1. The maximum Gasteiger partial charge on any atom is 0.432 e. The zero-order valence-electron chi connectivity index (χ0n) is 14.7. The lowest BCUT2D eigenvalue weighted by atomic mass is 10.3. The normalized spacial score (nSPS) is 19.4. The van der Waals surface area contributed by atoms with Gasteiger partial charge in [-0.1, -0.05) is 24.9 Å². The average molecular weight is 367 g/mol. The molecule has 0 spiro atoms. The van der Waals surface area contributed by atoms with E-state index in [0.29, 0.717) is 5.82 Å². The Morgan fingerprint density at radius 2 is 1.79 bits per heavy atom. The smallest absolute Gasteiger partial charge is 0.354 e. The van der Waals surface area contributed by atoms with E-state index in [1.807, 2.05) is 20.0 Å². The van der Waals surface area contributed by atoms with E-state index in [4.69, 9.17) is 11.6 Å². The first-order valence-corrected chi connectivity index (χ1v) is 8.42. The number of nitrogens with zero attached hydrogens (tertiary/aromatic N) is 3. The molecule has 4 nitrogen and oxygen atoms in total. The van der Waals surface area contributed by atoms with Crippen LogP contribution in [0.2, 0.25) is 0 Å². The average Bonchev–Trinajstić information content (AvgIpc) is 2.48. The number of hydrogen-bond acceptors (Lipinski definition) is 3. The molecule has 1 saturated heterocycles. The van der Waals surface area contributed by atoms with E-state index >= 15 is 0 Å². The van der Waals surface area contributed by atoms with E-state index in [1.165, 1.54) is 13.8 Å². The first kappa shape index (κ1) is 20.8. The van der Waals surface area contributed by atoms with Gasteiger partial charge in [0.05, 0.1) is 0 Å². The highest BCUT2D eigenvalue weighted by atomic mass is 35.5. The highest BCUT2D eigenvalue weighted by Crippen LogP contribution is 2.27. The van der Waals surface area contributed by atoms with Gasteiger partial charge in [0, 0.05) is 31.2 Å². The van der Waals surface area contributed by atoms with Crippen LogP contribution in [0.4, 0.5) is 13.2 Å². The fourth-order valence-electron chi connectivity index (χ4n) is 2.29. The summed E-state index contributed by atoms with van der Waals surface area (Å²) in [5.74, 6) is 0.882. The molecule has 138 valence electrons. The van der Waals surface area contributed by atoms with E-state index in [9.17, 15) is 13.2 Å². The third kappa shape index (κ3) is 6.73. The Balaban J connectivity index is 2.95. The summed E-state index contributed by atoms with van der Waals surface area (Å²) in [6.45, 7) is 8.19. The molecule has 0 aromatic rings. The Bertz CT molecular complexity index is 500. The molecule has 0 aromatic carbocycles. The minimum atomic E-state index is -4.54. The predicted molar refractivity (Wildman–Crippen MR) is 92.9 cm³/mol. The van der Waals surface area contributed by atoms with Gasteiger partial charge in [-0.3, -0.25) is 0 Å². The Morgan fingerprint density at radius 3 is 2.25 bits per heavy atom. The highest BCUT2D eigenvalue weighted by molar-refractivity contribution is 6.29. The lowest BCUT2D eigenvalue weighted by Crippen LogP contribution is -2.43. The lowest BCUT2D eigenvalue weighted by Gasteiger charge is -2.34. The van der Waals surface area contributed by atoms with Crippen LogP contribution in [0.1, 0.15) is 33.6 Å². The lowest BCUT2D eigenvalue weighted by molar-refractivity contribution is -0.0953. The summed E-state index contributed by atoms with van der Waals surface area (Å²) in [5, 5.41) is 1.97. The number of allylic oxidation sites excluding steroid dienone is 3. The van der Waals surface area contributed by atoms with Crippen LogP contribution in [0.5, 0.6) is 0 Å². The molecular formula is C16H26ClF3N4. The zero-order chi connectivity index (χ0) is 18.3. The van der Waals surface area contributed by atoms with Crippen LogP contribution in [0, 0.1) is 0 Å².